The molecule has 1 aromatic heterocycles. The van der Waals surface area contributed by atoms with E-state index in [1.165, 1.54) is 0 Å². The molecule has 2 rings (SSSR count). The van der Waals surface area contributed by atoms with Gasteiger partial charge in [0.25, 0.3) is 5.89 Å². The van der Waals surface area contributed by atoms with Crippen LogP contribution in [0.1, 0.15) is 32.6 Å². The molecule has 0 saturated carbocycles. The van der Waals surface area contributed by atoms with Gasteiger partial charge in [0.15, 0.2) is 5.82 Å². The van der Waals surface area contributed by atoms with Crippen LogP contribution in [0.4, 0.5) is 0 Å². The monoisotopic (exact) mass is 299 g/mol. The lowest BCUT2D eigenvalue weighted by Crippen LogP contribution is -2.27. The molecule has 0 spiro atoms. The average Bonchev–Trinajstić information content (AvgIpc) is 2.75. The van der Waals surface area contributed by atoms with Crippen molar-refractivity contribution in [2.75, 3.05) is 0 Å². The largest absolute Gasteiger partial charge is 0.334 e. The Morgan fingerprint density at radius 1 is 1.26 bits per heavy atom. The van der Waals surface area contributed by atoms with Crippen molar-refractivity contribution in [3.63, 3.8) is 0 Å². The highest BCUT2D eigenvalue weighted by Crippen LogP contribution is 2.32. The van der Waals surface area contributed by atoms with Crippen molar-refractivity contribution < 1.29 is 4.52 Å². The van der Waals surface area contributed by atoms with Gasteiger partial charge in [-0.2, -0.15) is 4.98 Å². The summed E-state index contributed by atoms with van der Waals surface area (Å²) < 4.78 is 5.22. The van der Waals surface area contributed by atoms with Crippen LogP contribution in [0.5, 0.6) is 0 Å². The minimum absolute atomic E-state index is 0.148. The lowest BCUT2D eigenvalue weighted by Gasteiger charge is -2.23. The molecule has 0 fully saturated rings. The highest BCUT2D eigenvalue weighted by Gasteiger charge is 2.27. The second kappa shape index (κ2) is 5.12. The Labute approximate surface area is 121 Å². The molecule has 102 valence electrons. The first-order valence-electron chi connectivity index (χ1n) is 5.83. The SMILES string of the molecule is CC(C)(C)C(N)c1noc(-c2ccc(Cl)cc2Cl)n1. The van der Waals surface area contributed by atoms with Crippen molar-refractivity contribution in [3.8, 4) is 11.5 Å². The van der Waals surface area contributed by atoms with E-state index in [9.17, 15) is 0 Å². The van der Waals surface area contributed by atoms with E-state index >= 15 is 0 Å². The fourth-order valence-corrected chi connectivity index (χ4v) is 2.01. The van der Waals surface area contributed by atoms with Gasteiger partial charge in [-0.1, -0.05) is 49.1 Å². The van der Waals surface area contributed by atoms with Crippen molar-refractivity contribution in [2.45, 2.75) is 26.8 Å². The molecule has 1 unspecified atom stereocenters. The number of hydrogen-bond acceptors (Lipinski definition) is 4. The molecular weight excluding hydrogens is 285 g/mol. The van der Waals surface area contributed by atoms with Crippen LogP contribution in [0.15, 0.2) is 22.7 Å². The van der Waals surface area contributed by atoms with E-state index in [4.69, 9.17) is 33.5 Å². The molecule has 1 atom stereocenters. The Morgan fingerprint density at radius 2 is 1.95 bits per heavy atom. The molecule has 19 heavy (non-hydrogen) atoms. The fraction of sp³-hybridized carbons (Fsp3) is 0.385. The Balaban J connectivity index is 2.36. The number of benzene rings is 1. The highest BCUT2D eigenvalue weighted by atomic mass is 35.5. The number of hydrogen-bond donors (Lipinski definition) is 1. The molecule has 2 N–H and O–H groups in total. The van der Waals surface area contributed by atoms with Gasteiger partial charge in [-0.3, -0.25) is 0 Å². The van der Waals surface area contributed by atoms with Crippen molar-refractivity contribution >= 4 is 23.2 Å². The second-order valence-electron chi connectivity index (χ2n) is 5.43. The smallest absolute Gasteiger partial charge is 0.259 e. The molecule has 0 aliphatic heterocycles. The van der Waals surface area contributed by atoms with Crippen molar-refractivity contribution in [2.24, 2.45) is 11.1 Å². The number of nitrogens with two attached hydrogens (primary N) is 1. The Kier molecular flexibility index (Phi) is 3.85. The molecule has 0 aliphatic carbocycles. The number of nitrogens with zero attached hydrogens (tertiary/aromatic N) is 2. The molecule has 4 nitrogen and oxygen atoms in total. The van der Waals surface area contributed by atoms with Gasteiger partial charge in [-0.05, 0) is 23.6 Å². The average molecular weight is 300 g/mol. The van der Waals surface area contributed by atoms with Crippen molar-refractivity contribution in [1.29, 1.82) is 0 Å². The van der Waals surface area contributed by atoms with Crippen molar-refractivity contribution in [1.82, 2.24) is 10.1 Å². The maximum Gasteiger partial charge on any atom is 0.259 e. The number of rotatable bonds is 2. The summed E-state index contributed by atoms with van der Waals surface area (Å²) in [6, 6.07) is 4.78. The summed E-state index contributed by atoms with van der Waals surface area (Å²) in [5, 5.41) is 4.94. The normalized spacial score (nSPS) is 13.6. The molecular formula is C13H15Cl2N3O. The topological polar surface area (TPSA) is 64.9 Å². The van der Waals surface area contributed by atoms with Crippen LogP contribution >= 0.6 is 23.2 Å². The van der Waals surface area contributed by atoms with Gasteiger partial charge in [0, 0.05) is 5.02 Å². The van der Waals surface area contributed by atoms with Gasteiger partial charge in [-0.15, -0.1) is 0 Å². The minimum atomic E-state index is -0.309. The van der Waals surface area contributed by atoms with Crippen LogP contribution in [-0.2, 0) is 0 Å². The zero-order valence-corrected chi connectivity index (χ0v) is 12.5. The minimum Gasteiger partial charge on any atom is -0.334 e. The van der Waals surface area contributed by atoms with E-state index in [1.807, 2.05) is 20.8 Å². The Hall–Kier alpha value is -1.10. The lowest BCUT2D eigenvalue weighted by molar-refractivity contribution is 0.303. The van der Waals surface area contributed by atoms with Gasteiger partial charge < -0.3 is 10.3 Å². The first-order chi connectivity index (χ1) is 8.79. The number of halogens is 2. The fourth-order valence-electron chi connectivity index (χ4n) is 1.52. The standard InChI is InChI=1S/C13H15Cl2N3O/c1-13(2,3)10(16)11-17-12(19-18-11)8-5-4-7(14)6-9(8)15/h4-6,10H,16H2,1-3H3. The zero-order chi connectivity index (χ0) is 14.2. The van der Waals surface area contributed by atoms with Gasteiger partial charge >= 0.3 is 0 Å². The molecule has 0 amide bonds. The van der Waals surface area contributed by atoms with E-state index < -0.39 is 0 Å². The molecule has 1 aromatic carbocycles. The summed E-state index contributed by atoms with van der Waals surface area (Å²) in [4.78, 5) is 4.31. The van der Waals surface area contributed by atoms with Gasteiger partial charge in [0.2, 0.25) is 0 Å². The van der Waals surface area contributed by atoms with Crippen LogP contribution in [0.25, 0.3) is 11.5 Å². The maximum absolute atomic E-state index is 6.10. The third-order valence-corrected chi connectivity index (χ3v) is 3.36. The van der Waals surface area contributed by atoms with Crippen LogP contribution in [-0.4, -0.2) is 10.1 Å². The molecule has 0 saturated heterocycles. The first kappa shape index (κ1) is 14.3. The zero-order valence-electron chi connectivity index (χ0n) is 10.9. The predicted molar refractivity (Wildman–Crippen MR) is 76.1 cm³/mol. The van der Waals surface area contributed by atoms with E-state index in [1.54, 1.807) is 18.2 Å². The van der Waals surface area contributed by atoms with Crippen LogP contribution in [0, 0.1) is 5.41 Å². The predicted octanol–water partition coefficient (Wildman–Crippen LogP) is 4.09. The van der Waals surface area contributed by atoms with Crippen LogP contribution in [0.3, 0.4) is 0 Å². The van der Waals surface area contributed by atoms with E-state index in [-0.39, 0.29) is 11.5 Å². The molecule has 0 bridgehead atoms. The second-order valence-corrected chi connectivity index (χ2v) is 6.27. The summed E-state index contributed by atoms with van der Waals surface area (Å²) in [6.45, 7) is 6.05. The Bertz CT molecular complexity index is 590. The van der Waals surface area contributed by atoms with Crippen molar-refractivity contribution in [3.05, 3.63) is 34.1 Å². The van der Waals surface area contributed by atoms with Gasteiger partial charge in [0.05, 0.1) is 16.6 Å². The highest BCUT2D eigenvalue weighted by molar-refractivity contribution is 6.36. The van der Waals surface area contributed by atoms with E-state index in [0.29, 0.717) is 27.3 Å². The molecule has 0 radical (unpaired) electrons. The Morgan fingerprint density at radius 3 is 2.53 bits per heavy atom. The summed E-state index contributed by atoms with van der Waals surface area (Å²) in [5.41, 5.74) is 6.58. The molecule has 1 heterocycles. The van der Waals surface area contributed by atoms with Gasteiger partial charge in [0.1, 0.15) is 0 Å². The lowest BCUT2D eigenvalue weighted by atomic mass is 9.87. The molecule has 0 aliphatic rings. The first-order valence-corrected chi connectivity index (χ1v) is 6.59. The van der Waals surface area contributed by atoms with Gasteiger partial charge in [-0.25, -0.2) is 0 Å². The summed E-state index contributed by atoms with van der Waals surface area (Å²) in [7, 11) is 0. The third kappa shape index (κ3) is 3.08. The quantitative estimate of drug-likeness (QED) is 0.907. The summed E-state index contributed by atoms with van der Waals surface area (Å²) in [6.07, 6.45) is 0. The maximum atomic E-state index is 6.10. The van der Waals surface area contributed by atoms with Crippen LogP contribution in [0.2, 0.25) is 10.0 Å². The molecule has 2 aromatic rings. The van der Waals surface area contributed by atoms with E-state index in [0.717, 1.165) is 0 Å². The molecule has 6 heteroatoms. The number of aromatic nitrogens is 2. The summed E-state index contributed by atoms with van der Waals surface area (Å²) in [5.74, 6) is 0.810. The summed E-state index contributed by atoms with van der Waals surface area (Å²) >= 11 is 11.9. The van der Waals surface area contributed by atoms with E-state index in [2.05, 4.69) is 10.1 Å². The van der Waals surface area contributed by atoms with Crippen LogP contribution < -0.4 is 5.73 Å². The third-order valence-electron chi connectivity index (χ3n) is 2.81.